The van der Waals surface area contributed by atoms with Crippen LogP contribution in [0.3, 0.4) is 0 Å². The number of hydrogen-bond donors (Lipinski definition) is 4. The number of hydrogen-bond acceptors (Lipinski definition) is 4. The fourth-order valence-electron chi connectivity index (χ4n) is 2.70. The van der Waals surface area contributed by atoms with Crippen molar-refractivity contribution in [3.63, 3.8) is 0 Å². The molecule has 0 spiro atoms. The van der Waals surface area contributed by atoms with E-state index in [2.05, 4.69) is 20.6 Å². The van der Waals surface area contributed by atoms with Crippen molar-refractivity contribution in [2.75, 3.05) is 37.9 Å². The summed E-state index contributed by atoms with van der Waals surface area (Å²) in [6.45, 7) is 1.39. The number of unbranched alkanes of at least 4 members (excludes halogenated alkanes) is 3. The molecule has 0 heterocycles. The maximum Gasteiger partial charge on any atom is 0.193 e. The van der Waals surface area contributed by atoms with Gasteiger partial charge in [0.2, 0.25) is 0 Å². The Labute approximate surface area is 201 Å². The van der Waals surface area contributed by atoms with Gasteiger partial charge in [-0.1, -0.05) is 12.8 Å². The lowest BCUT2D eigenvalue weighted by molar-refractivity contribution is 0.415. The Morgan fingerprint density at radius 1 is 0.677 bits per heavy atom. The first-order valence-corrected chi connectivity index (χ1v) is 10.0. The molecular weight excluding hydrogens is 507 g/mol. The highest BCUT2D eigenvalue weighted by Gasteiger charge is 1.98. The lowest BCUT2D eigenvalue weighted by Crippen LogP contribution is -2.22. The van der Waals surface area contributed by atoms with E-state index in [4.69, 9.17) is 20.9 Å². The Hall–Kier alpha value is -2.69. The van der Waals surface area contributed by atoms with Gasteiger partial charge in [-0.2, -0.15) is 0 Å². The summed E-state index contributed by atoms with van der Waals surface area (Å²) in [6, 6.07) is 15.1. The first-order valence-electron chi connectivity index (χ1n) is 10.0. The van der Waals surface area contributed by atoms with Crippen LogP contribution in [-0.2, 0) is 0 Å². The van der Waals surface area contributed by atoms with Crippen LogP contribution in [0.15, 0.2) is 58.5 Å². The van der Waals surface area contributed by atoms with Crippen LogP contribution in [-0.4, -0.2) is 39.2 Å². The molecule has 0 bridgehead atoms. The van der Waals surface area contributed by atoms with Crippen molar-refractivity contribution in [2.24, 2.45) is 21.5 Å². The second-order valence-electron chi connectivity index (χ2n) is 6.66. The summed E-state index contributed by atoms with van der Waals surface area (Å²) in [5.74, 6) is 2.45. The maximum atomic E-state index is 5.91. The van der Waals surface area contributed by atoms with Gasteiger partial charge in [0.15, 0.2) is 11.9 Å². The van der Waals surface area contributed by atoms with E-state index in [0.717, 1.165) is 48.6 Å². The Morgan fingerprint density at radius 2 is 1.03 bits per heavy atom. The van der Waals surface area contributed by atoms with Gasteiger partial charge in [0.05, 0.1) is 14.2 Å². The fourth-order valence-corrected chi connectivity index (χ4v) is 2.70. The Kier molecular flexibility index (Phi) is 12.9. The lowest BCUT2D eigenvalue weighted by Gasteiger charge is -2.07. The number of rotatable bonds is 11. The monoisotopic (exact) mass is 540 g/mol. The number of nitrogens with two attached hydrogens (primary N) is 2. The Balaban J connectivity index is 0.00000480. The zero-order valence-corrected chi connectivity index (χ0v) is 20.5. The summed E-state index contributed by atoms with van der Waals surface area (Å²) in [5, 5.41) is 6.14. The number of nitrogens with one attached hydrogen (secondary N) is 2. The topological polar surface area (TPSA) is 119 Å². The molecule has 0 saturated carbocycles. The highest BCUT2D eigenvalue weighted by molar-refractivity contribution is 14.0. The lowest BCUT2D eigenvalue weighted by atomic mass is 10.2. The van der Waals surface area contributed by atoms with Crippen molar-refractivity contribution in [1.82, 2.24) is 0 Å². The van der Waals surface area contributed by atoms with E-state index in [0.29, 0.717) is 25.0 Å². The second kappa shape index (κ2) is 15.2. The van der Waals surface area contributed by atoms with Gasteiger partial charge in [-0.05, 0) is 61.4 Å². The van der Waals surface area contributed by atoms with Gasteiger partial charge in [-0.25, -0.2) is 0 Å². The van der Waals surface area contributed by atoms with Gasteiger partial charge >= 0.3 is 0 Å². The zero-order chi connectivity index (χ0) is 21.6. The van der Waals surface area contributed by atoms with Gasteiger partial charge in [0, 0.05) is 24.5 Å². The Morgan fingerprint density at radius 3 is 1.35 bits per heavy atom. The van der Waals surface area contributed by atoms with Crippen LogP contribution in [0.25, 0.3) is 0 Å². The molecular formula is C22H33IN6O2. The van der Waals surface area contributed by atoms with Crippen LogP contribution in [0.1, 0.15) is 25.7 Å². The quantitative estimate of drug-likeness (QED) is 0.148. The van der Waals surface area contributed by atoms with Crippen LogP contribution in [0, 0.1) is 0 Å². The van der Waals surface area contributed by atoms with Crippen LogP contribution >= 0.6 is 24.0 Å². The van der Waals surface area contributed by atoms with Crippen molar-refractivity contribution in [1.29, 1.82) is 0 Å². The SMILES string of the molecule is COc1ccc(NC(N)=NCCCCCCN=C(N)Nc2ccc(OC)cc2)cc1.I. The molecule has 31 heavy (non-hydrogen) atoms. The normalized spacial score (nSPS) is 11.4. The third-order valence-electron chi connectivity index (χ3n) is 4.36. The van der Waals surface area contributed by atoms with Crippen LogP contribution in [0.4, 0.5) is 11.4 Å². The minimum atomic E-state index is 0. The molecule has 2 aromatic carbocycles. The van der Waals surface area contributed by atoms with E-state index in [-0.39, 0.29) is 24.0 Å². The molecule has 0 aliphatic carbocycles. The van der Waals surface area contributed by atoms with Gasteiger partial charge < -0.3 is 31.6 Å². The molecule has 0 saturated heterocycles. The summed E-state index contributed by atoms with van der Waals surface area (Å²) >= 11 is 0. The molecule has 6 N–H and O–H groups in total. The molecule has 9 heteroatoms. The molecule has 0 aliphatic rings. The summed E-state index contributed by atoms with van der Waals surface area (Å²) in [4.78, 5) is 8.71. The first kappa shape index (κ1) is 26.3. The van der Waals surface area contributed by atoms with Crippen molar-refractivity contribution < 1.29 is 9.47 Å². The van der Waals surface area contributed by atoms with Gasteiger partial charge in [0.25, 0.3) is 0 Å². The summed E-state index contributed by atoms with van der Waals surface area (Å²) in [5.41, 5.74) is 13.6. The van der Waals surface area contributed by atoms with Gasteiger partial charge in [0.1, 0.15) is 11.5 Å². The molecule has 0 aliphatic heterocycles. The molecule has 2 aromatic rings. The first-order chi connectivity index (χ1) is 14.6. The largest absolute Gasteiger partial charge is 0.497 e. The molecule has 0 aromatic heterocycles. The molecule has 2 rings (SSSR count). The van der Waals surface area contributed by atoms with Gasteiger partial charge in [-0.3, -0.25) is 9.98 Å². The smallest absolute Gasteiger partial charge is 0.193 e. The predicted octanol–water partition coefficient (Wildman–Crippen LogP) is 4.04. The standard InChI is InChI=1S/C22H32N6O2.HI/c1-29-19-11-7-17(8-12-19)27-21(23)25-15-5-3-4-6-16-26-22(24)28-18-9-13-20(30-2)14-10-18;/h7-14H,3-6,15-16H2,1-2H3,(H3,23,25,27)(H3,24,26,28);1H. The minimum Gasteiger partial charge on any atom is -0.497 e. The number of aliphatic imine (C=N–C) groups is 2. The van der Waals surface area contributed by atoms with Crippen LogP contribution in [0.2, 0.25) is 0 Å². The minimum absolute atomic E-state index is 0. The molecule has 0 radical (unpaired) electrons. The van der Waals surface area contributed by atoms with E-state index in [1.165, 1.54) is 0 Å². The number of benzene rings is 2. The predicted molar refractivity (Wildman–Crippen MR) is 140 cm³/mol. The van der Waals surface area contributed by atoms with Crippen molar-refractivity contribution in [2.45, 2.75) is 25.7 Å². The van der Waals surface area contributed by atoms with E-state index < -0.39 is 0 Å². The third-order valence-corrected chi connectivity index (χ3v) is 4.36. The number of nitrogens with zero attached hydrogens (tertiary/aromatic N) is 2. The molecule has 0 amide bonds. The molecule has 8 nitrogen and oxygen atoms in total. The molecule has 0 unspecified atom stereocenters. The van der Waals surface area contributed by atoms with E-state index >= 15 is 0 Å². The summed E-state index contributed by atoms with van der Waals surface area (Å²) < 4.78 is 10.3. The second-order valence-corrected chi connectivity index (χ2v) is 6.66. The molecule has 0 atom stereocenters. The zero-order valence-electron chi connectivity index (χ0n) is 18.1. The number of methoxy groups -OCH3 is 2. The van der Waals surface area contributed by atoms with Crippen molar-refractivity contribution in [3.05, 3.63) is 48.5 Å². The fraction of sp³-hybridized carbons (Fsp3) is 0.364. The number of halogens is 1. The molecule has 0 fully saturated rings. The summed E-state index contributed by atoms with van der Waals surface area (Å²) in [6.07, 6.45) is 4.10. The highest BCUT2D eigenvalue weighted by atomic mass is 127. The number of ether oxygens (including phenoxy) is 2. The number of anilines is 2. The maximum absolute atomic E-state index is 5.91. The van der Waals surface area contributed by atoms with E-state index in [1.807, 2.05) is 48.5 Å². The van der Waals surface area contributed by atoms with E-state index in [1.54, 1.807) is 14.2 Å². The van der Waals surface area contributed by atoms with Crippen molar-refractivity contribution >= 4 is 47.3 Å². The van der Waals surface area contributed by atoms with E-state index in [9.17, 15) is 0 Å². The average molecular weight is 540 g/mol. The average Bonchev–Trinajstić information content (AvgIpc) is 2.76. The van der Waals surface area contributed by atoms with Crippen molar-refractivity contribution in [3.8, 4) is 11.5 Å². The third kappa shape index (κ3) is 10.8. The molecule has 170 valence electrons. The Bertz CT molecular complexity index is 740. The highest BCUT2D eigenvalue weighted by Crippen LogP contribution is 2.15. The summed E-state index contributed by atoms with van der Waals surface area (Å²) in [7, 11) is 3.28. The number of guanidine groups is 2. The van der Waals surface area contributed by atoms with Crippen LogP contribution in [0.5, 0.6) is 11.5 Å². The van der Waals surface area contributed by atoms with Gasteiger partial charge in [-0.15, -0.1) is 24.0 Å². The van der Waals surface area contributed by atoms with Crippen LogP contribution < -0.4 is 31.6 Å².